The van der Waals surface area contributed by atoms with Gasteiger partial charge in [0.2, 0.25) is 0 Å². The number of urea groups is 1. The number of nitrogens with zero attached hydrogens (tertiary/aromatic N) is 2. The molecular weight excluding hydrogens is 306 g/mol. The zero-order valence-corrected chi connectivity index (χ0v) is 15.4. The maximum Gasteiger partial charge on any atom is 0.317 e. The van der Waals surface area contributed by atoms with Crippen molar-refractivity contribution in [2.45, 2.75) is 19.3 Å². The van der Waals surface area contributed by atoms with Gasteiger partial charge in [0.25, 0.3) is 0 Å². The van der Waals surface area contributed by atoms with Gasteiger partial charge in [-0.3, -0.25) is 0 Å². The molecular formula is C18H29N3O3. The molecule has 1 fully saturated rings. The van der Waals surface area contributed by atoms with Crippen molar-refractivity contribution in [3.8, 4) is 11.5 Å². The summed E-state index contributed by atoms with van der Waals surface area (Å²) in [7, 11) is 5.33. The Morgan fingerprint density at radius 3 is 2.33 bits per heavy atom. The Morgan fingerprint density at radius 2 is 1.75 bits per heavy atom. The average Bonchev–Trinajstić information content (AvgIpc) is 2.59. The fourth-order valence-electron chi connectivity index (χ4n) is 2.78. The van der Waals surface area contributed by atoms with Gasteiger partial charge in [0.05, 0.1) is 14.2 Å². The molecule has 0 aromatic heterocycles. The first-order chi connectivity index (χ1) is 11.4. The number of carbonyl (C=O) groups excluding carboxylic acids is 1. The fourth-order valence-corrected chi connectivity index (χ4v) is 2.78. The molecule has 0 spiro atoms. The SMILES string of the molecule is COc1ccc(C(C)(C)CNC(=O)N2CCN(C)CC2)cc1OC. The summed E-state index contributed by atoms with van der Waals surface area (Å²) in [5.74, 6) is 1.41. The van der Waals surface area contributed by atoms with Crippen molar-refractivity contribution in [2.75, 3.05) is 54.0 Å². The molecule has 1 aromatic carbocycles. The highest BCUT2D eigenvalue weighted by Crippen LogP contribution is 2.32. The number of hydrogen-bond donors (Lipinski definition) is 1. The Balaban J connectivity index is 1.99. The normalized spacial score (nSPS) is 16.0. The molecule has 1 aliphatic rings. The van der Waals surface area contributed by atoms with E-state index in [1.807, 2.05) is 23.1 Å². The molecule has 1 aliphatic heterocycles. The maximum absolute atomic E-state index is 12.4. The van der Waals surface area contributed by atoms with Crippen LogP contribution in [0.5, 0.6) is 11.5 Å². The Hall–Kier alpha value is -1.95. The van der Waals surface area contributed by atoms with E-state index >= 15 is 0 Å². The topological polar surface area (TPSA) is 54.0 Å². The van der Waals surface area contributed by atoms with Gasteiger partial charge in [-0.25, -0.2) is 4.79 Å². The van der Waals surface area contributed by atoms with Crippen LogP contribution in [0.2, 0.25) is 0 Å². The van der Waals surface area contributed by atoms with Gasteiger partial charge in [-0.15, -0.1) is 0 Å². The van der Waals surface area contributed by atoms with Gasteiger partial charge < -0.3 is 24.6 Å². The number of benzene rings is 1. The number of ether oxygens (including phenoxy) is 2. The third kappa shape index (κ3) is 4.32. The van der Waals surface area contributed by atoms with Crippen LogP contribution < -0.4 is 14.8 Å². The van der Waals surface area contributed by atoms with Crippen molar-refractivity contribution in [2.24, 2.45) is 0 Å². The van der Waals surface area contributed by atoms with Crippen LogP contribution in [0, 0.1) is 0 Å². The van der Waals surface area contributed by atoms with Crippen LogP contribution in [0.15, 0.2) is 18.2 Å². The maximum atomic E-state index is 12.4. The smallest absolute Gasteiger partial charge is 0.317 e. The second-order valence-electron chi connectivity index (χ2n) is 6.90. The average molecular weight is 335 g/mol. The molecule has 6 heteroatoms. The number of hydrogen-bond acceptors (Lipinski definition) is 4. The number of nitrogens with one attached hydrogen (secondary N) is 1. The third-order valence-electron chi connectivity index (χ3n) is 4.64. The molecule has 2 rings (SSSR count). The molecule has 0 unspecified atom stereocenters. The number of amides is 2. The van der Waals surface area contributed by atoms with Crippen molar-refractivity contribution in [3.05, 3.63) is 23.8 Å². The van der Waals surface area contributed by atoms with Crippen molar-refractivity contribution >= 4 is 6.03 Å². The van der Waals surface area contributed by atoms with Gasteiger partial charge in [-0.1, -0.05) is 19.9 Å². The van der Waals surface area contributed by atoms with Gasteiger partial charge in [0.1, 0.15) is 0 Å². The summed E-state index contributed by atoms with van der Waals surface area (Å²) in [5, 5.41) is 3.07. The Bertz CT molecular complexity index is 567. The van der Waals surface area contributed by atoms with Crippen LogP contribution in [0.25, 0.3) is 0 Å². The lowest BCUT2D eigenvalue weighted by Gasteiger charge is -2.34. The summed E-state index contributed by atoms with van der Waals surface area (Å²) < 4.78 is 10.7. The highest BCUT2D eigenvalue weighted by Gasteiger charge is 2.25. The molecule has 1 heterocycles. The van der Waals surface area contributed by atoms with Crippen molar-refractivity contribution in [1.29, 1.82) is 0 Å². The van der Waals surface area contributed by atoms with Gasteiger partial charge in [0.15, 0.2) is 11.5 Å². The van der Waals surface area contributed by atoms with Gasteiger partial charge in [0, 0.05) is 38.1 Å². The first-order valence-electron chi connectivity index (χ1n) is 8.31. The minimum atomic E-state index is -0.207. The lowest BCUT2D eigenvalue weighted by Crippen LogP contribution is -2.52. The minimum Gasteiger partial charge on any atom is -0.493 e. The molecule has 0 bridgehead atoms. The summed E-state index contributed by atoms with van der Waals surface area (Å²) in [5.41, 5.74) is 0.890. The van der Waals surface area contributed by atoms with Crippen molar-refractivity contribution in [1.82, 2.24) is 15.1 Å². The summed E-state index contributed by atoms with van der Waals surface area (Å²) in [6, 6.07) is 5.90. The van der Waals surface area contributed by atoms with Gasteiger partial charge >= 0.3 is 6.03 Å². The van der Waals surface area contributed by atoms with E-state index in [1.54, 1.807) is 14.2 Å². The lowest BCUT2D eigenvalue weighted by molar-refractivity contribution is 0.153. The molecule has 24 heavy (non-hydrogen) atoms. The highest BCUT2D eigenvalue weighted by atomic mass is 16.5. The molecule has 134 valence electrons. The second kappa shape index (κ2) is 7.75. The van der Waals surface area contributed by atoms with E-state index in [0.29, 0.717) is 18.0 Å². The standard InChI is InChI=1S/C18H29N3O3/c1-18(2,14-6-7-15(23-4)16(12-14)24-5)13-19-17(22)21-10-8-20(3)9-11-21/h6-7,12H,8-11,13H2,1-5H3,(H,19,22). The molecule has 1 N–H and O–H groups in total. The summed E-state index contributed by atoms with van der Waals surface area (Å²) >= 11 is 0. The molecule has 0 radical (unpaired) electrons. The van der Waals surface area contributed by atoms with Crippen LogP contribution in [0.3, 0.4) is 0 Å². The predicted octanol–water partition coefficient (Wildman–Crippen LogP) is 1.94. The fraction of sp³-hybridized carbons (Fsp3) is 0.611. The molecule has 1 aromatic rings. The number of carbonyl (C=O) groups is 1. The molecule has 0 saturated carbocycles. The number of rotatable bonds is 5. The van der Waals surface area contributed by atoms with Crippen LogP contribution >= 0.6 is 0 Å². The minimum absolute atomic E-state index is 0.0108. The zero-order valence-electron chi connectivity index (χ0n) is 15.4. The predicted molar refractivity (Wildman–Crippen MR) is 95.0 cm³/mol. The van der Waals surface area contributed by atoms with Crippen LogP contribution in [0.4, 0.5) is 4.79 Å². The van der Waals surface area contributed by atoms with Gasteiger partial charge in [-0.05, 0) is 24.7 Å². The first-order valence-corrected chi connectivity index (χ1v) is 8.31. The molecule has 1 saturated heterocycles. The number of methoxy groups -OCH3 is 2. The largest absolute Gasteiger partial charge is 0.493 e. The summed E-state index contributed by atoms with van der Waals surface area (Å²) in [6.07, 6.45) is 0. The molecule has 0 atom stereocenters. The lowest BCUT2D eigenvalue weighted by atomic mass is 9.84. The van der Waals surface area contributed by atoms with Crippen LogP contribution in [0.1, 0.15) is 19.4 Å². The molecule has 2 amide bonds. The highest BCUT2D eigenvalue weighted by molar-refractivity contribution is 5.74. The summed E-state index contributed by atoms with van der Waals surface area (Å²) in [6.45, 7) is 8.18. The molecule has 6 nitrogen and oxygen atoms in total. The third-order valence-corrected chi connectivity index (χ3v) is 4.64. The Kier molecular flexibility index (Phi) is 5.94. The van der Waals surface area contributed by atoms with Crippen molar-refractivity contribution < 1.29 is 14.3 Å². The van der Waals surface area contributed by atoms with Crippen molar-refractivity contribution in [3.63, 3.8) is 0 Å². The van der Waals surface area contributed by atoms with E-state index in [-0.39, 0.29) is 11.4 Å². The second-order valence-corrected chi connectivity index (χ2v) is 6.90. The first kappa shape index (κ1) is 18.4. The Labute approximate surface area is 144 Å². The monoisotopic (exact) mass is 335 g/mol. The Morgan fingerprint density at radius 1 is 1.12 bits per heavy atom. The van der Waals surface area contributed by atoms with E-state index in [4.69, 9.17) is 9.47 Å². The quantitative estimate of drug-likeness (QED) is 0.893. The van der Waals surface area contributed by atoms with E-state index in [9.17, 15) is 4.79 Å². The van der Waals surface area contributed by atoms with Crippen LogP contribution in [-0.4, -0.2) is 69.8 Å². The molecule has 0 aliphatic carbocycles. The van der Waals surface area contributed by atoms with Gasteiger partial charge in [-0.2, -0.15) is 0 Å². The summed E-state index contributed by atoms with van der Waals surface area (Å²) in [4.78, 5) is 16.5. The van der Waals surface area contributed by atoms with Crippen LogP contribution in [-0.2, 0) is 5.41 Å². The van der Waals surface area contributed by atoms with E-state index in [0.717, 1.165) is 31.7 Å². The van der Waals surface area contributed by atoms with E-state index in [2.05, 4.69) is 31.1 Å². The van der Waals surface area contributed by atoms with E-state index in [1.165, 1.54) is 0 Å². The number of piperazine rings is 1. The number of likely N-dealkylation sites (N-methyl/N-ethyl adjacent to an activating group) is 1. The zero-order chi connectivity index (χ0) is 17.7. The van der Waals surface area contributed by atoms with E-state index < -0.39 is 0 Å².